The third-order valence-electron chi connectivity index (χ3n) is 10.6. The molecule has 3 heterocycles. The lowest BCUT2D eigenvalue weighted by atomic mass is 10.0. The Morgan fingerprint density at radius 3 is 0.811 bits per heavy atom. The van der Waals surface area contributed by atoms with Crippen LogP contribution in [0.15, 0.2) is 72.8 Å². The van der Waals surface area contributed by atoms with Gasteiger partial charge in [-0.1, -0.05) is 115 Å². The molecule has 302 valence electrons. The largest absolute Gasteiger partial charge is 0.369 e. The zero-order valence-electron chi connectivity index (χ0n) is 32.5. The lowest BCUT2D eigenvalue weighted by Crippen LogP contribution is -2.46. The molecular formula is C47H84N6. The summed E-state index contributed by atoms with van der Waals surface area (Å²) in [5.74, 6) is 1.88. The van der Waals surface area contributed by atoms with E-state index in [0.717, 1.165) is 39.3 Å². The van der Waals surface area contributed by atoms with E-state index < -0.39 is 0 Å². The highest BCUT2D eigenvalue weighted by Crippen LogP contribution is 2.23. The van der Waals surface area contributed by atoms with Crippen LogP contribution in [0.3, 0.4) is 0 Å². The lowest BCUT2D eigenvalue weighted by Gasteiger charge is -2.35. The molecule has 0 amide bonds. The fraction of sp³-hybridized carbons (Fsp3) is 0.617. The van der Waals surface area contributed by atoms with Gasteiger partial charge in [-0.15, -0.1) is 0 Å². The molecule has 6 rings (SSSR count). The highest BCUT2D eigenvalue weighted by atomic mass is 15.3. The zero-order chi connectivity index (χ0) is 35.3. The van der Waals surface area contributed by atoms with Crippen molar-refractivity contribution in [2.75, 3.05) is 114 Å². The van der Waals surface area contributed by atoms with Crippen molar-refractivity contribution in [1.29, 1.82) is 0 Å². The number of hydrogen-bond acceptors (Lipinski definition) is 6. The van der Waals surface area contributed by atoms with E-state index in [1.54, 1.807) is 0 Å². The van der Waals surface area contributed by atoms with Crippen molar-refractivity contribution in [3.8, 4) is 0 Å². The minimum atomic E-state index is 0. The minimum absolute atomic E-state index is 0. The molecule has 0 saturated carbocycles. The standard InChI is InChI=1S/C15H24N2.2C14H22N2.4CH4/c1-4-16-9-11-17(12-10-16)15-7-5-14(6-8-15)13(2)3;2*1-12(2)13-4-6-14(7-5-13)16-10-8-15(3)9-11-16;;;;/h5-8,13H,4,9-12H2,1-3H3;2*4-7,12H,8-11H2,1-3H3;4*1H4. The Bertz CT molecular complexity index is 1240. The number of anilines is 3. The van der Waals surface area contributed by atoms with Crippen molar-refractivity contribution in [1.82, 2.24) is 14.7 Å². The van der Waals surface area contributed by atoms with E-state index >= 15 is 0 Å². The number of nitrogens with zero attached hydrogens (tertiary/aromatic N) is 6. The van der Waals surface area contributed by atoms with Gasteiger partial charge in [0.25, 0.3) is 0 Å². The summed E-state index contributed by atoms with van der Waals surface area (Å²) in [5.41, 5.74) is 8.41. The number of hydrogen-bond donors (Lipinski definition) is 0. The van der Waals surface area contributed by atoms with Crippen LogP contribution in [0.4, 0.5) is 17.1 Å². The van der Waals surface area contributed by atoms with Crippen LogP contribution in [0.2, 0.25) is 0 Å². The predicted molar refractivity (Wildman–Crippen MR) is 242 cm³/mol. The van der Waals surface area contributed by atoms with Crippen LogP contribution in [0, 0.1) is 0 Å². The molecule has 0 atom stereocenters. The fourth-order valence-electron chi connectivity index (χ4n) is 6.66. The first kappa shape index (κ1) is 49.9. The van der Waals surface area contributed by atoms with Crippen LogP contribution in [-0.2, 0) is 0 Å². The Kier molecular flexibility index (Phi) is 23.7. The maximum absolute atomic E-state index is 2.51. The Hall–Kier alpha value is -3.06. The molecule has 6 nitrogen and oxygen atoms in total. The molecule has 53 heavy (non-hydrogen) atoms. The first-order valence-corrected chi connectivity index (χ1v) is 19.2. The first-order chi connectivity index (χ1) is 23.5. The zero-order valence-corrected chi connectivity index (χ0v) is 32.5. The van der Waals surface area contributed by atoms with E-state index in [1.165, 1.54) is 79.6 Å². The molecule has 3 fully saturated rings. The molecule has 0 radical (unpaired) electrons. The molecule has 3 aromatic rings. The van der Waals surface area contributed by atoms with Gasteiger partial charge in [0, 0.05) is 95.6 Å². The topological polar surface area (TPSA) is 19.4 Å². The van der Waals surface area contributed by atoms with Crippen LogP contribution < -0.4 is 14.7 Å². The second kappa shape index (κ2) is 25.1. The second-order valence-electron chi connectivity index (χ2n) is 15.2. The molecule has 0 bridgehead atoms. The SMILES string of the molecule is C.C.C.C.CC(C)c1ccc(N2CCN(C)CC2)cc1.CC(C)c1ccc(N2CCN(C)CC2)cc1.CCN1CCN(c2ccc(C(C)C)cc2)CC1. The summed E-state index contributed by atoms with van der Waals surface area (Å²) in [6.45, 7) is 30.9. The summed E-state index contributed by atoms with van der Waals surface area (Å²) < 4.78 is 0. The van der Waals surface area contributed by atoms with Crippen molar-refractivity contribution >= 4 is 17.1 Å². The predicted octanol–water partition coefficient (Wildman–Crippen LogP) is 10.6. The summed E-state index contributed by atoms with van der Waals surface area (Å²) in [6.07, 6.45) is 0. The van der Waals surface area contributed by atoms with Crippen molar-refractivity contribution in [3.63, 3.8) is 0 Å². The lowest BCUT2D eigenvalue weighted by molar-refractivity contribution is 0.271. The van der Waals surface area contributed by atoms with E-state index in [1.807, 2.05) is 0 Å². The van der Waals surface area contributed by atoms with Gasteiger partial charge in [-0.05, 0) is 91.5 Å². The van der Waals surface area contributed by atoms with Gasteiger partial charge < -0.3 is 29.4 Å². The number of likely N-dealkylation sites (N-methyl/N-ethyl adjacent to an activating group) is 3. The third-order valence-corrected chi connectivity index (χ3v) is 10.6. The molecule has 3 aromatic carbocycles. The van der Waals surface area contributed by atoms with Gasteiger partial charge in [-0.3, -0.25) is 0 Å². The molecule has 0 spiro atoms. The molecule has 3 aliphatic heterocycles. The van der Waals surface area contributed by atoms with Gasteiger partial charge in [-0.2, -0.15) is 0 Å². The van der Waals surface area contributed by atoms with Crippen LogP contribution in [0.1, 0.15) is 113 Å². The van der Waals surface area contributed by atoms with E-state index in [0.29, 0.717) is 17.8 Å². The Morgan fingerprint density at radius 2 is 0.604 bits per heavy atom. The van der Waals surface area contributed by atoms with Gasteiger partial charge in [-0.25, -0.2) is 0 Å². The molecule has 6 heteroatoms. The smallest absolute Gasteiger partial charge is 0.0367 e. The quantitative estimate of drug-likeness (QED) is 0.239. The van der Waals surface area contributed by atoms with E-state index in [-0.39, 0.29) is 29.7 Å². The third kappa shape index (κ3) is 15.7. The monoisotopic (exact) mass is 733 g/mol. The van der Waals surface area contributed by atoms with Gasteiger partial charge in [0.05, 0.1) is 0 Å². The first-order valence-electron chi connectivity index (χ1n) is 19.2. The molecule has 0 unspecified atom stereocenters. The van der Waals surface area contributed by atoms with Crippen LogP contribution >= 0.6 is 0 Å². The normalized spacial score (nSPS) is 16.6. The second-order valence-corrected chi connectivity index (χ2v) is 15.2. The Morgan fingerprint density at radius 1 is 0.377 bits per heavy atom. The van der Waals surface area contributed by atoms with Crippen molar-refractivity contribution in [3.05, 3.63) is 89.5 Å². The van der Waals surface area contributed by atoms with E-state index in [9.17, 15) is 0 Å². The van der Waals surface area contributed by atoms with Crippen LogP contribution in [0.25, 0.3) is 0 Å². The summed E-state index contributed by atoms with van der Waals surface area (Å²) in [7, 11) is 4.39. The molecule has 0 N–H and O–H groups in total. The Labute approximate surface area is 330 Å². The molecule has 0 aromatic heterocycles. The van der Waals surface area contributed by atoms with Crippen LogP contribution in [-0.4, -0.2) is 114 Å². The molecular weight excluding hydrogens is 649 g/mol. The number of benzene rings is 3. The van der Waals surface area contributed by atoms with Crippen molar-refractivity contribution in [2.45, 2.75) is 95.9 Å². The van der Waals surface area contributed by atoms with Crippen molar-refractivity contribution < 1.29 is 0 Å². The summed E-state index contributed by atoms with van der Waals surface area (Å²) in [4.78, 5) is 14.7. The fourth-order valence-corrected chi connectivity index (χ4v) is 6.66. The highest BCUT2D eigenvalue weighted by molar-refractivity contribution is 5.50. The van der Waals surface area contributed by atoms with Crippen molar-refractivity contribution in [2.24, 2.45) is 0 Å². The van der Waals surface area contributed by atoms with Gasteiger partial charge in [0.1, 0.15) is 0 Å². The maximum atomic E-state index is 2.51. The van der Waals surface area contributed by atoms with Gasteiger partial charge in [0.2, 0.25) is 0 Å². The van der Waals surface area contributed by atoms with Gasteiger partial charge >= 0.3 is 0 Å². The van der Waals surface area contributed by atoms with Crippen LogP contribution in [0.5, 0.6) is 0 Å². The summed E-state index contributed by atoms with van der Waals surface area (Å²) in [6, 6.07) is 27.2. The average molecular weight is 733 g/mol. The van der Waals surface area contributed by atoms with Gasteiger partial charge in [0.15, 0.2) is 0 Å². The van der Waals surface area contributed by atoms with E-state index in [4.69, 9.17) is 0 Å². The Balaban J connectivity index is 0.000000738. The number of rotatable bonds is 7. The molecule has 3 saturated heterocycles. The molecule has 0 aliphatic carbocycles. The summed E-state index contributed by atoms with van der Waals surface area (Å²) in [5, 5.41) is 0. The molecule has 3 aliphatic rings. The highest BCUT2D eigenvalue weighted by Gasteiger charge is 2.17. The maximum Gasteiger partial charge on any atom is 0.0367 e. The minimum Gasteiger partial charge on any atom is -0.369 e. The van der Waals surface area contributed by atoms with E-state index in [2.05, 4.69) is 165 Å². The number of piperazine rings is 3. The average Bonchev–Trinajstić information content (AvgIpc) is 3.13. The summed E-state index contributed by atoms with van der Waals surface area (Å²) >= 11 is 0.